The number of hydrogen-bond donors (Lipinski definition) is 1. The maximum atomic E-state index is 12.7. The molecule has 0 bridgehead atoms. The van der Waals surface area contributed by atoms with Gasteiger partial charge in [-0.2, -0.15) is 4.68 Å². The summed E-state index contributed by atoms with van der Waals surface area (Å²) in [5, 5.41) is 15.8. The van der Waals surface area contributed by atoms with Crippen molar-refractivity contribution in [1.82, 2.24) is 20.2 Å². The van der Waals surface area contributed by atoms with Crippen LogP contribution in [0.4, 0.5) is 5.00 Å². The highest BCUT2D eigenvalue weighted by Crippen LogP contribution is 2.40. The first-order chi connectivity index (χ1) is 15.1. The Bertz CT molecular complexity index is 1080. The molecule has 2 aromatic heterocycles. The van der Waals surface area contributed by atoms with Crippen LogP contribution >= 0.6 is 23.1 Å². The number of carbonyl (C=O) groups is 2. The number of fused-ring (bicyclic) bond motifs is 1. The lowest BCUT2D eigenvalue weighted by atomic mass is 9.88. The molecule has 10 heteroatoms. The van der Waals surface area contributed by atoms with Gasteiger partial charge in [0.2, 0.25) is 11.1 Å². The van der Waals surface area contributed by atoms with Gasteiger partial charge in [-0.15, -0.1) is 16.4 Å². The summed E-state index contributed by atoms with van der Waals surface area (Å²) in [6.07, 6.45) is 2.78. The lowest BCUT2D eigenvalue weighted by molar-refractivity contribution is -0.113. The smallest absolute Gasteiger partial charge is 0.341 e. The monoisotopic (exact) mass is 457 g/mol. The molecule has 4 rings (SSSR count). The van der Waals surface area contributed by atoms with E-state index in [0.29, 0.717) is 28.2 Å². The standard InChI is InChI=1S/C21H23N5O3S2/c1-3-29-20(28)18-15-10-9-13(2)11-16(15)31-19(18)22-17(27)12-30-21-23-24-25-26(21)14-7-5-4-6-8-14/h4-8,13H,3,9-12H2,1-2H3,(H,22,27)/t13-/m0/s1. The number of hydrogen-bond acceptors (Lipinski definition) is 8. The van der Waals surface area contributed by atoms with E-state index in [-0.39, 0.29) is 17.6 Å². The van der Waals surface area contributed by atoms with Crippen LogP contribution in [0.2, 0.25) is 0 Å². The predicted octanol–water partition coefficient (Wildman–Crippen LogP) is 3.76. The molecule has 0 saturated heterocycles. The quantitative estimate of drug-likeness (QED) is 0.426. The normalized spacial score (nSPS) is 15.4. The van der Waals surface area contributed by atoms with Gasteiger partial charge in [0.05, 0.1) is 23.6 Å². The van der Waals surface area contributed by atoms with Crippen molar-refractivity contribution in [1.29, 1.82) is 0 Å². The number of anilines is 1. The van der Waals surface area contributed by atoms with Crippen molar-refractivity contribution in [3.63, 3.8) is 0 Å². The van der Waals surface area contributed by atoms with Gasteiger partial charge in [0.1, 0.15) is 5.00 Å². The number of rotatable bonds is 7. The van der Waals surface area contributed by atoms with Crippen LogP contribution in [0.25, 0.3) is 5.69 Å². The van der Waals surface area contributed by atoms with Gasteiger partial charge in [0.25, 0.3) is 0 Å². The third-order valence-corrected chi connectivity index (χ3v) is 7.11. The largest absolute Gasteiger partial charge is 0.462 e. The summed E-state index contributed by atoms with van der Waals surface area (Å²) in [6.45, 7) is 4.29. The maximum absolute atomic E-state index is 12.7. The Morgan fingerprint density at radius 1 is 1.32 bits per heavy atom. The molecule has 1 atom stereocenters. The molecule has 0 saturated carbocycles. The van der Waals surface area contributed by atoms with Gasteiger partial charge in [-0.25, -0.2) is 4.79 Å². The number of carbonyl (C=O) groups excluding carboxylic acids is 2. The summed E-state index contributed by atoms with van der Waals surface area (Å²) in [5.74, 6) is 0.0986. The van der Waals surface area contributed by atoms with E-state index in [1.54, 1.807) is 11.6 Å². The third kappa shape index (κ3) is 4.80. The molecule has 0 fully saturated rings. The Morgan fingerprint density at radius 3 is 2.90 bits per heavy atom. The molecule has 1 N–H and O–H groups in total. The highest BCUT2D eigenvalue weighted by Gasteiger charge is 2.29. The Labute approximate surface area is 188 Å². The molecular weight excluding hydrogens is 434 g/mol. The predicted molar refractivity (Wildman–Crippen MR) is 120 cm³/mol. The van der Waals surface area contributed by atoms with Crippen LogP contribution < -0.4 is 5.32 Å². The van der Waals surface area contributed by atoms with E-state index in [1.807, 2.05) is 30.3 Å². The Hall–Kier alpha value is -2.72. The van der Waals surface area contributed by atoms with Crippen molar-refractivity contribution >= 4 is 40.0 Å². The van der Waals surface area contributed by atoms with E-state index in [0.717, 1.165) is 35.4 Å². The number of thioether (sulfide) groups is 1. The van der Waals surface area contributed by atoms with E-state index in [9.17, 15) is 9.59 Å². The molecule has 0 radical (unpaired) electrons. The first-order valence-corrected chi connectivity index (χ1v) is 11.9. The number of nitrogens with zero attached hydrogens (tertiary/aromatic N) is 4. The average Bonchev–Trinajstić information content (AvgIpc) is 3.37. The lowest BCUT2D eigenvalue weighted by Crippen LogP contribution is -2.18. The Kier molecular flexibility index (Phi) is 6.67. The zero-order valence-electron chi connectivity index (χ0n) is 17.3. The second-order valence-corrected chi connectivity index (χ2v) is 9.37. The molecule has 1 aliphatic rings. The van der Waals surface area contributed by atoms with Crippen LogP contribution in [0, 0.1) is 5.92 Å². The molecule has 1 amide bonds. The number of esters is 1. The number of thiophene rings is 1. The van der Waals surface area contributed by atoms with Crippen LogP contribution in [-0.2, 0) is 22.4 Å². The van der Waals surface area contributed by atoms with Gasteiger partial charge in [0, 0.05) is 4.88 Å². The third-order valence-electron chi connectivity index (χ3n) is 5.02. The number of amides is 1. The molecule has 0 aliphatic heterocycles. The number of para-hydroxylation sites is 1. The zero-order valence-corrected chi connectivity index (χ0v) is 19.0. The summed E-state index contributed by atoms with van der Waals surface area (Å²) in [4.78, 5) is 26.5. The van der Waals surface area contributed by atoms with Crippen LogP contribution in [0.1, 0.15) is 41.1 Å². The topological polar surface area (TPSA) is 99.0 Å². The summed E-state index contributed by atoms with van der Waals surface area (Å²) in [5.41, 5.74) is 2.36. The fourth-order valence-corrected chi connectivity index (χ4v) is 5.66. The molecule has 3 aromatic rings. The van der Waals surface area contributed by atoms with E-state index < -0.39 is 0 Å². The van der Waals surface area contributed by atoms with E-state index in [4.69, 9.17) is 4.74 Å². The molecule has 0 unspecified atom stereocenters. The average molecular weight is 458 g/mol. The second kappa shape index (κ2) is 9.61. The van der Waals surface area contributed by atoms with E-state index >= 15 is 0 Å². The van der Waals surface area contributed by atoms with Gasteiger partial charge < -0.3 is 10.1 Å². The minimum atomic E-state index is -0.370. The van der Waals surface area contributed by atoms with Gasteiger partial charge in [-0.1, -0.05) is 36.9 Å². The molecule has 8 nitrogen and oxygen atoms in total. The van der Waals surface area contributed by atoms with Crippen LogP contribution in [0.3, 0.4) is 0 Å². The molecule has 1 aliphatic carbocycles. The molecule has 31 heavy (non-hydrogen) atoms. The van der Waals surface area contributed by atoms with Crippen molar-refractivity contribution in [3.05, 3.63) is 46.3 Å². The number of tetrazole rings is 1. The molecule has 1 aromatic carbocycles. The van der Waals surface area contributed by atoms with Crippen molar-refractivity contribution in [3.8, 4) is 5.69 Å². The fraction of sp³-hybridized carbons (Fsp3) is 0.381. The second-order valence-electron chi connectivity index (χ2n) is 7.32. The maximum Gasteiger partial charge on any atom is 0.341 e. The van der Waals surface area contributed by atoms with E-state index in [2.05, 4.69) is 27.8 Å². The first kappa shape index (κ1) is 21.5. The summed E-state index contributed by atoms with van der Waals surface area (Å²) in [7, 11) is 0. The Morgan fingerprint density at radius 2 is 2.13 bits per heavy atom. The molecule has 162 valence electrons. The number of nitrogens with one attached hydrogen (secondary N) is 1. The number of ether oxygens (including phenoxy) is 1. The first-order valence-electron chi connectivity index (χ1n) is 10.1. The minimum Gasteiger partial charge on any atom is -0.462 e. The SMILES string of the molecule is CCOC(=O)c1c(NC(=O)CSc2nnnn2-c2ccccc2)sc2c1CC[C@H](C)C2. The van der Waals surface area contributed by atoms with Gasteiger partial charge in [-0.3, -0.25) is 4.79 Å². The van der Waals surface area contributed by atoms with Crippen LogP contribution in [-0.4, -0.2) is 44.4 Å². The molecule has 0 spiro atoms. The highest BCUT2D eigenvalue weighted by atomic mass is 32.2. The fourth-order valence-electron chi connectivity index (χ4n) is 3.55. The molecular formula is C21H23N5O3S2. The van der Waals surface area contributed by atoms with Crippen molar-refractivity contribution < 1.29 is 14.3 Å². The van der Waals surface area contributed by atoms with E-state index in [1.165, 1.54) is 23.1 Å². The lowest BCUT2D eigenvalue weighted by Gasteiger charge is -2.18. The van der Waals surface area contributed by atoms with Crippen molar-refractivity contribution in [2.24, 2.45) is 5.92 Å². The van der Waals surface area contributed by atoms with Crippen molar-refractivity contribution in [2.45, 2.75) is 38.3 Å². The highest BCUT2D eigenvalue weighted by molar-refractivity contribution is 7.99. The van der Waals surface area contributed by atoms with Crippen LogP contribution in [0.5, 0.6) is 0 Å². The number of benzene rings is 1. The van der Waals surface area contributed by atoms with Crippen molar-refractivity contribution in [2.75, 3.05) is 17.7 Å². The van der Waals surface area contributed by atoms with Gasteiger partial charge >= 0.3 is 5.97 Å². The summed E-state index contributed by atoms with van der Waals surface area (Å²) >= 11 is 2.72. The van der Waals surface area contributed by atoms with Crippen LogP contribution in [0.15, 0.2) is 35.5 Å². The van der Waals surface area contributed by atoms with Gasteiger partial charge in [-0.05, 0) is 60.2 Å². The molecule has 2 heterocycles. The summed E-state index contributed by atoms with van der Waals surface area (Å²) < 4.78 is 6.86. The Balaban J connectivity index is 1.48. The zero-order chi connectivity index (χ0) is 21.8. The minimum absolute atomic E-state index is 0.119. The number of aromatic nitrogens is 4. The van der Waals surface area contributed by atoms with Gasteiger partial charge in [0.15, 0.2) is 0 Å². The summed E-state index contributed by atoms with van der Waals surface area (Å²) in [6, 6.07) is 9.49.